The van der Waals surface area contributed by atoms with Crippen molar-refractivity contribution >= 4 is 11.7 Å². The third-order valence-corrected chi connectivity index (χ3v) is 2.30. The summed E-state index contributed by atoms with van der Waals surface area (Å²) >= 11 is 0. The number of hydrogen-bond donors (Lipinski definition) is 3. The maximum atomic E-state index is 10.8. The number of hydrogen-bond acceptors (Lipinski definition) is 5. The van der Waals surface area contributed by atoms with E-state index in [1.165, 1.54) is 13.0 Å². The predicted octanol–water partition coefficient (Wildman–Crippen LogP) is 0.645. The Morgan fingerprint density at radius 2 is 2.18 bits per heavy atom. The Labute approximate surface area is 96.6 Å². The van der Waals surface area contributed by atoms with Crippen LogP contribution in [0, 0.1) is 10.1 Å². The van der Waals surface area contributed by atoms with E-state index < -0.39 is 27.9 Å². The molecule has 0 bridgehead atoms. The lowest BCUT2D eigenvalue weighted by atomic mass is 9.94. The van der Waals surface area contributed by atoms with E-state index in [4.69, 9.17) is 10.8 Å². The second-order valence-corrected chi connectivity index (χ2v) is 3.98. The Bertz CT molecular complexity index is 470. The molecule has 0 saturated carbocycles. The van der Waals surface area contributed by atoms with Crippen molar-refractivity contribution < 1.29 is 19.9 Å². The number of carbonyl (C=O) groups is 1. The van der Waals surface area contributed by atoms with Crippen molar-refractivity contribution in [2.24, 2.45) is 5.73 Å². The lowest BCUT2D eigenvalue weighted by Crippen LogP contribution is -2.46. The summed E-state index contributed by atoms with van der Waals surface area (Å²) in [6.45, 7) is 1.33. The van der Waals surface area contributed by atoms with Gasteiger partial charge in [0.05, 0.1) is 4.92 Å². The first-order valence-electron chi connectivity index (χ1n) is 4.72. The second-order valence-electron chi connectivity index (χ2n) is 3.98. The van der Waals surface area contributed by atoms with Crippen LogP contribution in [-0.4, -0.2) is 26.6 Å². The van der Waals surface area contributed by atoms with Crippen LogP contribution in [0.1, 0.15) is 12.5 Å². The number of aliphatic carboxylic acids is 1. The number of nitrogens with zero attached hydrogens (tertiary/aromatic N) is 1. The monoisotopic (exact) mass is 240 g/mol. The number of benzene rings is 1. The molecular weight excluding hydrogens is 228 g/mol. The van der Waals surface area contributed by atoms with Crippen LogP contribution in [0.4, 0.5) is 5.69 Å². The fraction of sp³-hybridized carbons (Fsp3) is 0.300. The van der Waals surface area contributed by atoms with Crippen LogP contribution >= 0.6 is 0 Å². The van der Waals surface area contributed by atoms with Crippen LogP contribution in [0.15, 0.2) is 18.2 Å². The molecule has 0 saturated heterocycles. The Morgan fingerprint density at radius 3 is 2.59 bits per heavy atom. The first kappa shape index (κ1) is 12.9. The quantitative estimate of drug-likeness (QED) is 0.523. The van der Waals surface area contributed by atoms with Crippen molar-refractivity contribution in [1.82, 2.24) is 0 Å². The van der Waals surface area contributed by atoms with E-state index in [0.717, 1.165) is 12.1 Å². The molecule has 7 nitrogen and oxygen atoms in total. The first-order chi connectivity index (χ1) is 7.74. The van der Waals surface area contributed by atoms with E-state index in [-0.39, 0.29) is 6.42 Å². The van der Waals surface area contributed by atoms with Crippen molar-refractivity contribution in [3.63, 3.8) is 0 Å². The smallest absolute Gasteiger partial charge is 0.323 e. The zero-order valence-electron chi connectivity index (χ0n) is 9.08. The van der Waals surface area contributed by atoms with Gasteiger partial charge in [0.15, 0.2) is 5.75 Å². The molecule has 0 spiro atoms. The van der Waals surface area contributed by atoms with Crippen molar-refractivity contribution in [3.8, 4) is 5.75 Å². The van der Waals surface area contributed by atoms with Crippen molar-refractivity contribution in [2.45, 2.75) is 18.9 Å². The van der Waals surface area contributed by atoms with Gasteiger partial charge >= 0.3 is 11.7 Å². The summed E-state index contributed by atoms with van der Waals surface area (Å²) < 4.78 is 0. The number of carboxylic acid groups (broad SMARTS) is 1. The van der Waals surface area contributed by atoms with Crippen molar-refractivity contribution in [3.05, 3.63) is 33.9 Å². The van der Waals surface area contributed by atoms with Gasteiger partial charge in [-0.2, -0.15) is 0 Å². The summed E-state index contributed by atoms with van der Waals surface area (Å²) in [4.78, 5) is 20.5. The molecule has 0 aliphatic carbocycles. The van der Waals surface area contributed by atoms with Gasteiger partial charge in [0.1, 0.15) is 5.54 Å². The van der Waals surface area contributed by atoms with E-state index >= 15 is 0 Å². The molecule has 0 aliphatic rings. The Morgan fingerprint density at radius 1 is 1.59 bits per heavy atom. The van der Waals surface area contributed by atoms with Gasteiger partial charge in [-0.05, 0) is 18.6 Å². The fourth-order valence-electron chi connectivity index (χ4n) is 1.33. The fourth-order valence-corrected chi connectivity index (χ4v) is 1.33. The molecule has 0 fully saturated rings. The van der Waals surface area contributed by atoms with E-state index in [1.807, 2.05) is 0 Å². The maximum Gasteiger partial charge on any atom is 0.323 e. The number of phenols is 1. The highest BCUT2D eigenvalue weighted by atomic mass is 16.6. The minimum atomic E-state index is -1.48. The molecule has 92 valence electrons. The summed E-state index contributed by atoms with van der Waals surface area (Å²) in [5.41, 5.74) is 4.03. The SMILES string of the molecule is C[C@@](N)(Cc1ccc([N+](=O)[O-])c(O)c1)C(=O)O. The molecule has 1 atom stereocenters. The number of phenolic OH excluding ortho intramolecular Hbond substituents is 1. The molecule has 0 aliphatic heterocycles. The first-order valence-corrected chi connectivity index (χ1v) is 4.72. The maximum absolute atomic E-state index is 10.8. The van der Waals surface area contributed by atoms with Crippen LogP contribution < -0.4 is 5.73 Å². The van der Waals surface area contributed by atoms with Gasteiger partial charge in [0, 0.05) is 12.5 Å². The molecule has 0 radical (unpaired) electrons. The number of nitro benzene ring substituents is 1. The van der Waals surface area contributed by atoms with Crippen molar-refractivity contribution in [1.29, 1.82) is 0 Å². The normalized spacial score (nSPS) is 14.0. The minimum Gasteiger partial charge on any atom is -0.502 e. The van der Waals surface area contributed by atoms with Gasteiger partial charge in [-0.3, -0.25) is 14.9 Å². The zero-order chi connectivity index (χ0) is 13.2. The van der Waals surface area contributed by atoms with E-state index in [9.17, 15) is 20.0 Å². The zero-order valence-corrected chi connectivity index (χ0v) is 9.08. The van der Waals surface area contributed by atoms with Crippen LogP contribution in [0.5, 0.6) is 5.75 Å². The minimum absolute atomic E-state index is 0.0338. The highest BCUT2D eigenvalue weighted by Gasteiger charge is 2.28. The summed E-state index contributed by atoms with van der Waals surface area (Å²) in [5, 5.41) is 28.6. The van der Waals surface area contributed by atoms with Crippen LogP contribution in [0.3, 0.4) is 0 Å². The molecule has 0 unspecified atom stereocenters. The number of nitro groups is 1. The van der Waals surface area contributed by atoms with Gasteiger partial charge in [-0.15, -0.1) is 0 Å². The molecule has 1 rings (SSSR count). The van der Waals surface area contributed by atoms with E-state index in [2.05, 4.69) is 0 Å². The predicted molar refractivity (Wildman–Crippen MR) is 58.7 cm³/mol. The molecule has 1 aromatic carbocycles. The van der Waals surface area contributed by atoms with E-state index in [1.54, 1.807) is 0 Å². The van der Waals surface area contributed by atoms with Crippen LogP contribution in [-0.2, 0) is 11.2 Å². The molecule has 7 heteroatoms. The Kier molecular flexibility index (Phi) is 3.33. The molecule has 0 aromatic heterocycles. The average Bonchev–Trinajstić information content (AvgIpc) is 2.15. The van der Waals surface area contributed by atoms with Crippen molar-refractivity contribution in [2.75, 3.05) is 0 Å². The summed E-state index contributed by atoms with van der Waals surface area (Å²) in [7, 11) is 0. The topological polar surface area (TPSA) is 127 Å². The van der Waals surface area contributed by atoms with Crippen LogP contribution in [0.25, 0.3) is 0 Å². The second kappa shape index (κ2) is 4.38. The lowest BCUT2D eigenvalue weighted by Gasteiger charge is -2.18. The standard InChI is InChI=1S/C10H12N2O5/c1-10(11,9(14)15)5-6-2-3-7(12(16)17)8(13)4-6/h2-4,13H,5,11H2,1H3,(H,14,15)/t10-/m1/s1. The molecule has 0 amide bonds. The van der Waals surface area contributed by atoms with Gasteiger partial charge < -0.3 is 15.9 Å². The van der Waals surface area contributed by atoms with E-state index in [0.29, 0.717) is 5.56 Å². The largest absolute Gasteiger partial charge is 0.502 e. The Balaban J connectivity index is 2.99. The van der Waals surface area contributed by atoms with Crippen LogP contribution in [0.2, 0.25) is 0 Å². The molecule has 0 heterocycles. The number of aromatic hydroxyl groups is 1. The number of carboxylic acids is 1. The third-order valence-electron chi connectivity index (χ3n) is 2.30. The van der Waals surface area contributed by atoms with Gasteiger partial charge in [-0.25, -0.2) is 0 Å². The molecule has 1 aromatic rings. The average molecular weight is 240 g/mol. The third kappa shape index (κ3) is 2.91. The summed E-state index contributed by atoms with van der Waals surface area (Å²) in [5.74, 6) is -1.69. The van der Waals surface area contributed by atoms with Gasteiger partial charge in [0.2, 0.25) is 0 Å². The highest BCUT2D eigenvalue weighted by Crippen LogP contribution is 2.27. The van der Waals surface area contributed by atoms with Gasteiger partial charge in [-0.1, -0.05) is 6.07 Å². The van der Waals surface area contributed by atoms with Gasteiger partial charge in [0.25, 0.3) is 0 Å². The molecule has 4 N–H and O–H groups in total. The number of rotatable bonds is 4. The summed E-state index contributed by atoms with van der Waals surface area (Å²) in [6, 6.07) is 3.63. The molecular formula is C10H12N2O5. The highest BCUT2D eigenvalue weighted by molar-refractivity contribution is 5.78. The lowest BCUT2D eigenvalue weighted by molar-refractivity contribution is -0.385. The number of nitrogens with two attached hydrogens (primary N) is 1. The summed E-state index contributed by atoms with van der Waals surface area (Å²) in [6.07, 6.45) is -0.0338. The molecule has 17 heavy (non-hydrogen) atoms. The Hall–Kier alpha value is -2.15.